The van der Waals surface area contributed by atoms with Crippen molar-refractivity contribution in [3.05, 3.63) is 29.3 Å². The van der Waals surface area contributed by atoms with Gasteiger partial charge in [-0.2, -0.15) is 0 Å². The second kappa shape index (κ2) is 10.3. The van der Waals surface area contributed by atoms with E-state index < -0.39 is 0 Å². The van der Waals surface area contributed by atoms with Crippen molar-refractivity contribution in [2.45, 2.75) is 115 Å². The minimum atomic E-state index is -0.216. The number of phenols is 1. The van der Waals surface area contributed by atoms with Crippen LogP contribution in [-0.4, -0.2) is 41.2 Å². The summed E-state index contributed by atoms with van der Waals surface area (Å²) in [4.78, 5) is 0. The molecule has 1 aromatic carbocycles. The molecule has 4 atom stereocenters. The number of hydrogen-bond acceptors (Lipinski definition) is 4. The maximum Gasteiger partial charge on any atom is 0.119 e. The van der Waals surface area contributed by atoms with Crippen molar-refractivity contribution >= 4 is 0 Å². The molecule has 0 aliphatic carbocycles. The molecule has 29 heavy (non-hydrogen) atoms. The second-order valence-corrected chi connectivity index (χ2v) is 10.0. The third-order valence-electron chi connectivity index (χ3n) is 6.24. The predicted octanol–water partition coefficient (Wildman–Crippen LogP) is 5.27. The number of benzene rings is 1. The molecule has 0 radical (unpaired) electrons. The van der Waals surface area contributed by atoms with Crippen LogP contribution in [0.4, 0.5) is 0 Å². The summed E-state index contributed by atoms with van der Waals surface area (Å²) in [5, 5.41) is 20.4. The lowest BCUT2D eigenvalue weighted by Gasteiger charge is -2.20. The number of epoxide rings is 2. The van der Waals surface area contributed by atoms with E-state index in [1.807, 2.05) is 6.07 Å². The van der Waals surface area contributed by atoms with Crippen molar-refractivity contribution in [3.8, 4) is 5.75 Å². The van der Waals surface area contributed by atoms with E-state index in [0.29, 0.717) is 18.0 Å². The van der Waals surface area contributed by atoms with Crippen molar-refractivity contribution in [2.24, 2.45) is 0 Å². The van der Waals surface area contributed by atoms with Gasteiger partial charge in [-0.3, -0.25) is 0 Å². The monoisotopic (exact) mass is 404 g/mol. The normalized spacial score (nSPS) is 24.5. The zero-order valence-electron chi connectivity index (χ0n) is 18.5. The maximum absolute atomic E-state index is 10.3. The summed E-state index contributed by atoms with van der Waals surface area (Å²) in [6.45, 7) is 7.30. The van der Waals surface area contributed by atoms with E-state index in [1.165, 1.54) is 24.8 Å². The molecule has 2 aliphatic heterocycles. The first kappa shape index (κ1) is 22.6. The van der Waals surface area contributed by atoms with Crippen LogP contribution in [0.1, 0.15) is 89.7 Å². The summed E-state index contributed by atoms with van der Waals surface area (Å²) in [6.07, 6.45) is 11.7. The third kappa shape index (κ3) is 7.92. The average molecular weight is 405 g/mol. The number of phenolic OH excluding ortho intramolecular Hbond substituents is 1. The van der Waals surface area contributed by atoms with Crippen LogP contribution in [0.15, 0.2) is 18.2 Å². The first-order valence-electron chi connectivity index (χ1n) is 11.6. The summed E-state index contributed by atoms with van der Waals surface area (Å²) in [5.41, 5.74) is 2.21. The Morgan fingerprint density at radius 2 is 1.76 bits per heavy atom. The third-order valence-corrected chi connectivity index (χ3v) is 6.24. The number of aryl methyl sites for hydroxylation is 1. The van der Waals surface area contributed by atoms with Crippen LogP contribution in [0.5, 0.6) is 5.75 Å². The second-order valence-electron chi connectivity index (χ2n) is 10.0. The van der Waals surface area contributed by atoms with Crippen LogP contribution in [-0.2, 0) is 21.3 Å². The van der Waals surface area contributed by atoms with Crippen molar-refractivity contribution in [3.63, 3.8) is 0 Å². The van der Waals surface area contributed by atoms with Gasteiger partial charge in [-0.05, 0) is 54.7 Å². The Balaban J connectivity index is 1.19. The quantitative estimate of drug-likeness (QED) is 0.347. The molecule has 0 amide bonds. The Kier molecular flexibility index (Phi) is 8.00. The minimum absolute atomic E-state index is 0.0225. The first-order valence-corrected chi connectivity index (χ1v) is 11.6. The van der Waals surface area contributed by atoms with Gasteiger partial charge in [0.15, 0.2) is 0 Å². The highest BCUT2D eigenvalue weighted by atomic mass is 16.6. The van der Waals surface area contributed by atoms with Crippen molar-refractivity contribution in [1.29, 1.82) is 0 Å². The van der Waals surface area contributed by atoms with E-state index in [-0.39, 0.29) is 17.6 Å². The smallest absolute Gasteiger partial charge is 0.119 e. The number of ether oxygens (including phenoxy) is 2. The minimum Gasteiger partial charge on any atom is -0.508 e. The van der Waals surface area contributed by atoms with Crippen molar-refractivity contribution in [1.82, 2.24) is 0 Å². The summed E-state index contributed by atoms with van der Waals surface area (Å²) >= 11 is 0. The molecule has 4 unspecified atom stereocenters. The zero-order valence-corrected chi connectivity index (χ0v) is 18.5. The first-order chi connectivity index (χ1) is 13.8. The number of aliphatic hydroxyl groups is 1. The largest absolute Gasteiger partial charge is 0.508 e. The van der Waals surface area contributed by atoms with Gasteiger partial charge in [0.05, 0.1) is 31.0 Å². The molecule has 1 aromatic rings. The molecule has 4 heteroatoms. The van der Waals surface area contributed by atoms with Gasteiger partial charge < -0.3 is 19.7 Å². The Morgan fingerprint density at radius 1 is 1.03 bits per heavy atom. The van der Waals surface area contributed by atoms with Gasteiger partial charge in [-0.15, -0.1) is 0 Å². The van der Waals surface area contributed by atoms with Gasteiger partial charge in [0.25, 0.3) is 0 Å². The van der Waals surface area contributed by atoms with Gasteiger partial charge in [0.1, 0.15) is 5.75 Å². The number of unbranched alkanes of at least 4 members (excludes halogenated alkanes) is 4. The zero-order chi connectivity index (χ0) is 20.9. The Morgan fingerprint density at radius 3 is 2.45 bits per heavy atom. The molecule has 3 rings (SSSR count). The lowest BCUT2D eigenvalue weighted by molar-refractivity contribution is 0.139. The molecule has 0 aromatic heterocycles. The molecule has 2 saturated heterocycles. The fourth-order valence-corrected chi connectivity index (χ4v) is 4.22. The van der Waals surface area contributed by atoms with Gasteiger partial charge in [0, 0.05) is 6.42 Å². The number of aromatic hydroxyl groups is 1. The molecular formula is C25H40O4. The molecule has 0 bridgehead atoms. The molecule has 2 aliphatic rings. The standard InChI is InChI=1S/C25H40O4/c1-25(2,3)21-13-11-18(15-22(21)27)9-7-5-4-6-8-10-19(26)16-24-23(29-24)14-12-20-17-28-20/h11,13,15,19-20,23-24,26-27H,4-10,12,14,16-17H2,1-3H3. The van der Waals surface area contributed by atoms with Gasteiger partial charge in [-0.1, -0.05) is 58.6 Å². The SMILES string of the molecule is CC(C)(C)c1ccc(CCCCCCCC(O)CC2OC2CCC2CO2)cc1O. The fourth-order valence-electron chi connectivity index (χ4n) is 4.22. The van der Waals surface area contributed by atoms with Crippen LogP contribution >= 0.6 is 0 Å². The molecule has 2 heterocycles. The molecule has 0 saturated carbocycles. The van der Waals surface area contributed by atoms with Gasteiger partial charge in [0.2, 0.25) is 0 Å². The van der Waals surface area contributed by atoms with E-state index in [1.54, 1.807) is 0 Å². The van der Waals surface area contributed by atoms with Crippen LogP contribution in [0.25, 0.3) is 0 Å². The van der Waals surface area contributed by atoms with Crippen LogP contribution in [0, 0.1) is 0 Å². The van der Waals surface area contributed by atoms with E-state index >= 15 is 0 Å². The molecular weight excluding hydrogens is 364 g/mol. The highest BCUT2D eigenvalue weighted by Crippen LogP contribution is 2.33. The van der Waals surface area contributed by atoms with Crippen LogP contribution in [0.2, 0.25) is 0 Å². The van der Waals surface area contributed by atoms with E-state index in [0.717, 1.165) is 57.1 Å². The maximum atomic E-state index is 10.3. The van der Waals surface area contributed by atoms with Crippen molar-refractivity contribution < 1.29 is 19.7 Å². The molecule has 2 fully saturated rings. The Bertz CT molecular complexity index is 632. The van der Waals surface area contributed by atoms with E-state index in [9.17, 15) is 10.2 Å². The Hall–Kier alpha value is -1.10. The molecule has 2 N–H and O–H groups in total. The number of hydrogen-bond donors (Lipinski definition) is 2. The highest BCUT2D eigenvalue weighted by Gasteiger charge is 2.40. The van der Waals surface area contributed by atoms with Crippen molar-refractivity contribution in [2.75, 3.05) is 6.61 Å². The number of aliphatic hydroxyl groups excluding tert-OH is 1. The molecule has 0 spiro atoms. The van der Waals surface area contributed by atoms with Crippen LogP contribution in [0.3, 0.4) is 0 Å². The predicted molar refractivity (Wildman–Crippen MR) is 116 cm³/mol. The Labute approximate surface area is 176 Å². The van der Waals surface area contributed by atoms with E-state index in [2.05, 4.69) is 32.9 Å². The highest BCUT2D eigenvalue weighted by molar-refractivity contribution is 5.40. The van der Waals surface area contributed by atoms with Gasteiger partial charge in [-0.25, -0.2) is 0 Å². The average Bonchev–Trinajstić information content (AvgIpc) is 3.55. The lowest BCUT2D eigenvalue weighted by Crippen LogP contribution is -2.11. The number of rotatable bonds is 13. The summed E-state index contributed by atoms with van der Waals surface area (Å²) in [6, 6.07) is 6.16. The van der Waals surface area contributed by atoms with E-state index in [4.69, 9.17) is 9.47 Å². The summed E-state index contributed by atoms with van der Waals surface area (Å²) < 4.78 is 10.9. The summed E-state index contributed by atoms with van der Waals surface area (Å²) in [7, 11) is 0. The molecule has 164 valence electrons. The topological polar surface area (TPSA) is 65.5 Å². The molecule has 4 nitrogen and oxygen atoms in total. The van der Waals surface area contributed by atoms with Gasteiger partial charge >= 0.3 is 0 Å². The summed E-state index contributed by atoms with van der Waals surface area (Å²) in [5.74, 6) is 0.423. The fraction of sp³-hybridized carbons (Fsp3) is 0.760. The lowest BCUT2D eigenvalue weighted by atomic mass is 9.85. The van der Waals surface area contributed by atoms with Crippen LogP contribution < -0.4 is 0 Å².